The summed E-state index contributed by atoms with van der Waals surface area (Å²) in [5.74, 6) is -1.53. The summed E-state index contributed by atoms with van der Waals surface area (Å²) in [6.45, 7) is 18.4. The third-order valence-electron chi connectivity index (χ3n) is 10.0. The van der Waals surface area contributed by atoms with Crippen molar-refractivity contribution >= 4 is 23.9 Å². The van der Waals surface area contributed by atoms with E-state index in [1.54, 1.807) is 36.1 Å². The first-order valence-corrected chi connectivity index (χ1v) is 18.8. The van der Waals surface area contributed by atoms with Crippen LogP contribution in [0.3, 0.4) is 0 Å². The van der Waals surface area contributed by atoms with Gasteiger partial charge in [0.1, 0.15) is 12.2 Å². The Morgan fingerprint density at radius 1 is 1.11 bits per heavy atom. The van der Waals surface area contributed by atoms with Gasteiger partial charge in [-0.05, 0) is 57.3 Å². The number of hydrogen-bond acceptors (Lipinski definition) is 11. The summed E-state index contributed by atoms with van der Waals surface area (Å²) in [4.78, 5) is 54.8. The van der Waals surface area contributed by atoms with Gasteiger partial charge < -0.3 is 34.4 Å². The number of aliphatic hydroxyl groups is 3. The fourth-order valence-corrected chi connectivity index (χ4v) is 6.50. The van der Waals surface area contributed by atoms with Crippen molar-refractivity contribution in [3.8, 4) is 0 Å². The predicted octanol–water partition coefficient (Wildman–Crippen LogP) is 3.70. The maximum atomic E-state index is 13.3. The second-order valence-corrected chi connectivity index (χ2v) is 14.9. The largest absolute Gasteiger partial charge is 0.457 e. The van der Waals surface area contributed by atoms with Crippen LogP contribution < -0.4 is 0 Å². The van der Waals surface area contributed by atoms with Crippen LogP contribution in [0.15, 0.2) is 60.3 Å². The molecule has 0 aromatic carbocycles. The molecule has 296 valence electrons. The lowest BCUT2D eigenvalue weighted by Crippen LogP contribution is -2.51. The van der Waals surface area contributed by atoms with E-state index < -0.39 is 42.1 Å². The summed E-state index contributed by atoms with van der Waals surface area (Å²) in [5.41, 5.74) is 0.115. The van der Waals surface area contributed by atoms with Gasteiger partial charge in [0.2, 0.25) is 0 Å². The molecule has 13 heteroatoms. The normalized spacial score (nSPS) is 27.5. The first kappa shape index (κ1) is 43.8. The second kappa shape index (κ2) is 20.7. The molecule has 1 saturated heterocycles. The molecule has 3 amide bonds. The summed E-state index contributed by atoms with van der Waals surface area (Å²) in [5, 5.41) is 31.7. The van der Waals surface area contributed by atoms with E-state index in [0.717, 1.165) is 0 Å². The van der Waals surface area contributed by atoms with Gasteiger partial charge in [0.15, 0.2) is 0 Å². The third-order valence-corrected chi connectivity index (χ3v) is 10.0. The van der Waals surface area contributed by atoms with Gasteiger partial charge in [-0.2, -0.15) is 0 Å². The van der Waals surface area contributed by atoms with Crippen molar-refractivity contribution in [2.75, 3.05) is 45.9 Å². The van der Waals surface area contributed by atoms with E-state index in [1.165, 1.54) is 17.1 Å². The van der Waals surface area contributed by atoms with E-state index in [0.29, 0.717) is 69.7 Å². The summed E-state index contributed by atoms with van der Waals surface area (Å²) in [7, 11) is 0. The molecule has 53 heavy (non-hydrogen) atoms. The van der Waals surface area contributed by atoms with Gasteiger partial charge in [0.05, 0.1) is 36.9 Å². The number of cyclic esters (lactones) is 1. The topological polar surface area (TPSA) is 166 Å². The lowest BCUT2D eigenvalue weighted by Gasteiger charge is -2.35. The number of allylic oxidation sites excluding steroid dienone is 2. The fraction of sp³-hybridized carbons (Fsp3) is 0.650. The molecule has 0 aromatic rings. The first-order valence-electron chi connectivity index (χ1n) is 18.8. The molecule has 0 bridgehead atoms. The highest BCUT2D eigenvalue weighted by atomic mass is 16.6. The van der Waals surface area contributed by atoms with Crippen molar-refractivity contribution in [2.45, 2.75) is 110 Å². The summed E-state index contributed by atoms with van der Waals surface area (Å²) >= 11 is 0. The van der Waals surface area contributed by atoms with Gasteiger partial charge in [-0.15, -0.1) is 0 Å². The van der Waals surface area contributed by atoms with Crippen LogP contribution in [0.4, 0.5) is 4.79 Å². The highest BCUT2D eigenvalue weighted by molar-refractivity contribution is 6.12. The number of piperazine rings is 1. The van der Waals surface area contributed by atoms with E-state index in [-0.39, 0.29) is 49.1 Å². The van der Waals surface area contributed by atoms with Crippen molar-refractivity contribution in [1.29, 1.82) is 0 Å². The number of rotatable bonds is 14. The van der Waals surface area contributed by atoms with Crippen molar-refractivity contribution in [3.05, 3.63) is 60.3 Å². The van der Waals surface area contributed by atoms with Gasteiger partial charge in [-0.25, -0.2) is 4.79 Å². The molecule has 8 atom stereocenters. The summed E-state index contributed by atoms with van der Waals surface area (Å²) in [6.07, 6.45) is 8.97. The Morgan fingerprint density at radius 2 is 1.77 bits per heavy atom. The maximum Gasteiger partial charge on any atom is 0.410 e. The Hall–Kier alpha value is -3.62. The number of aliphatic hydroxyl groups excluding tert-OH is 2. The monoisotopic (exact) mass is 743 g/mol. The molecule has 0 radical (unpaired) electrons. The summed E-state index contributed by atoms with van der Waals surface area (Å²) < 4.78 is 17.7. The van der Waals surface area contributed by atoms with Crippen molar-refractivity contribution < 1.29 is 48.7 Å². The zero-order valence-electron chi connectivity index (χ0n) is 32.3. The average molecular weight is 744 g/mol. The number of amides is 3. The molecule has 3 aliphatic heterocycles. The van der Waals surface area contributed by atoms with Crippen LogP contribution >= 0.6 is 0 Å². The van der Waals surface area contributed by atoms with Crippen LogP contribution in [0.5, 0.6) is 0 Å². The number of carbonyl (C=O) groups is 4. The standard InChI is InChI=1S/C40H61N3O10/c1-8-33(45)30(5)26-51-31(6)25-40(7,50)17-9-10-28(3)38-29(4)12-14-34(27(2)11-13-32(44)24-37(48)53-38)52-39(49)42-21-18-41(19-22-42)20-23-43-35(46)15-16-36(43)47/h9-10,12,14-17,29-34,38,44-45,50H,2,8,11,13,18-26H2,1,3-7H3/b14-12+,17-9+,28-10+/t29-,30-,31-,32+,33-,34-,38+,40-/m0/s1. The number of hydrogen-bond donors (Lipinski definition) is 3. The van der Waals surface area contributed by atoms with Gasteiger partial charge in [0, 0.05) is 69.7 Å². The number of ether oxygens (including phenoxy) is 3. The number of esters is 1. The molecule has 13 nitrogen and oxygen atoms in total. The van der Waals surface area contributed by atoms with Crippen LogP contribution in [0.2, 0.25) is 0 Å². The molecule has 0 spiro atoms. The molecule has 3 aliphatic rings. The van der Waals surface area contributed by atoms with Gasteiger partial charge in [0.25, 0.3) is 11.8 Å². The van der Waals surface area contributed by atoms with E-state index in [1.807, 2.05) is 40.7 Å². The number of imide groups is 1. The molecule has 0 unspecified atom stereocenters. The van der Waals surface area contributed by atoms with Crippen LogP contribution in [0.25, 0.3) is 0 Å². The molecule has 1 fully saturated rings. The van der Waals surface area contributed by atoms with Gasteiger partial charge >= 0.3 is 12.1 Å². The highest BCUT2D eigenvalue weighted by Crippen LogP contribution is 2.25. The van der Waals surface area contributed by atoms with E-state index >= 15 is 0 Å². The average Bonchev–Trinajstić information content (AvgIpc) is 3.43. The minimum atomic E-state index is -1.18. The number of carbonyl (C=O) groups excluding carboxylic acids is 4. The molecule has 0 aromatic heterocycles. The van der Waals surface area contributed by atoms with Crippen LogP contribution in [0, 0.1) is 11.8 Å². The lowest BCUT2D eigenvalue weighted by molar-refractivity contribution is -0.151. The van der Waals surface area contributed by atoms with E-state index in [2.05, 4.69) is 11.5 Å². The maximum absolute atomic E-state index is 13.3. The second-order valence-electron chi connectivity index (χ2n) is 14.9. The zero-order valence-corrected chi connectivity index (χ0v) is 32.3. The van der Waals surface area contributed by atoms with Crippen LogP contribution in [0.1, 0.15) is 73.6 Å². The molecule has 0 saturated carbocycles. The summed E-state index contributed by atoms with van der Waals surface area (Å²) in [6, 6.07) is 0. The molecule has 3 heterocycles. The Kier molecular flexibility index (Phi) is 17.1. The Labute approximate surface area is 314 Å². The quantitative estimate of drug-likeness (QED) is 0.103. The minimum absolute atomic E-state index is 0.0141. The molecular formula is C40H61N3O10. The third kappa shape index (κ3) is 14.3. The lowest BCUT2D eigenvalue weighted by atomic mass is 9.94. The molecular weight excluding hydrogens is 682 g/mol. The molecule has 0 aliphatic carbocycles. The van der Waals surface area contributed by atoms with Gasteiger partial charge in [-0.3, -0.25) is 24.2 Å². The van der Waals surface area contributed by atoms with Crippen molar-refractivity contribution in [2.24, 2.45) is 11.8 Å². The Balaban J connectivity index is 1.63. The van der Waals surface area contributed by atoms with E-state index in [4.69, 9.17) is 14.2 Å². The Morgan fingerprint density at radius 3 is 2.42 bits per heavy atom. The SMILES string of the molecule is C=C1CC[C@@H](O)CC(=O)O[C@H](/C(C)=C/C=C/[C@](C)(O)C[C@H](C)OC[C@H](C)[C@@H](O)CC)[C@@H](C)/C=C/[C@@H]1OC(=O)N1CCN(CCN2C(=O)C=CC2=O)CC1. The predicted molar refractivity (Wildman–Crippen MR) is 200 cm³/mol. The molecule has 3 N–H and O–H groups in total. The number of nitrogens with zero attached hydrogens (tertiary/aromatic N) is 3. The Bertz CT molecular complexity index is 1380. The van der Waals surface area contributed by atoms with Crippen molar-refractivity contribution in [3.63, 3.8) is 0 Å². The molecule has 3 rings (SSSR count). The van der Waals surface area contributed by atoms with Crippen LogP contribution in [-0.2, 0) is 28.6 Å². The van der Waals surface area contributed by atoms with Crippen LogP contribution in [-0.4, -0.2) is 136 Å². The van der Waals surface area contributed by atoms with Gasteiger partial charge in [-0.1, -0.05) is 51.7 Å². The smallest absolute Gasteiger partial charge is 0.410 e. The highest BCUT2D eigenvalue weighted by Gasteiger charge is 2.30. The minimum Gasteiger partial charge on any atom is -0.457 e. The first-order chi connectivity index (χ1) is 25.0. The fourth-order valence-electron chi connectivity index (χ4n) is 6.50. The van der Waals surface area contributed by atoms with E-state index in [9.17, 15) is 34.5 Å². The zero-order chi connectivity index (χ0) is 39.3. The van der Waals surface area contributed by atoms with Crippen molar-refractivity contribution in [1.82, 2.24) is 14.7 Å².